The van der Waals surface area contributed by atoms with Crippen LogP contribution < -0.4 is 0 Å². The first-order chi connectivity index (χ1) is 4.72. The van der Waals surface area contributed by atoms with Crippen molar-refractivity contribution < 1.29 is 9.22 Å². The Morgan fingerprint density at radius 3 is 2.80 bits per heavy atom. The van der Waals surface area contributed by atoms with Crippen molar-refractivity contribution >= 4 is 16.5 Å². The van der Waals surface area contributed by atoms with E-state index < -0.39 is 0 Å². The molecule has 10 heavy (non-hydrogen) atoms. The number of hydrogen-bond donors (Lipinski definition) is 0. The highest BCUT2D eigenvalue weighted by molar-refractivity contribution is 6.09. The average molecular weight is 156 g/mol. The zero-order valence-electron chi connectivity index (χ0n) is 6.39. The van der Waals surface area contributed by atoms with E-state index in [1.54, 1.807) is 19.1 Å². The van der Waals surface area contributed by atoms with Gasteiger partial charge in [0.1, 0.15) is 0 Å². The molecule has 0 aromatic rings. The molecule has 2 nitrogen and oxygen atoms in total. The first-order valence-electron chi connectivity index (χ1n) is 3.08. The Bertz CT molecular complexity index is 161. The van der Waals surface area contributed by atoms with Gasteiger partial charge in [0.15, 0.2) is 0 Å². The zero-order chi connectivity index (χ0) is 7.98. The molecule has 0 bridgehead atoms. The molecule has 0 atom stereocenters. The van der Waals surface area contributed by atoms with Crippen LogP contribution in [0.25, 0.3) is 0 Å². The minimum Gasteiger partial charge on any atom is -0.526 e. The molecule has 0 amide bonds. The predicted octanol–water partition coefficient (Wildman–Crippen LogP) is 0.332. The highest BCUT2D eigenvalue weighted by Gasteiger charge is 1.98. The number of allylic oxidation sites excluding steroid dienone is 2. The molecule has 0 aliphatic rings. The van der Waals surface area contributed by atoms with E-state index in [9.17, 15) is 4.79 Å². The minimum absolute atomic E-state index is 0.214. The molecule has 0 aliphatic carbocycles. The summed E-state index contributed by atoms with van der Waals surface area (Å²) in [6.45, 7) is 5.27. The predicted molar refractivity (Wildman–Crippen MR) is 44.6 cm³/mol. The standard InChI is InChI=1S/C7H12O2Si/c1-3-4-5-6(2)7(8)9-10/h3,5H,1,4H2,2,10H3. The first kappa shape index (κ1) is 9.17. The van der Waals surface area contributed by atoms with E-state index in [0.717, 1.165) is 6.42 Å². The number of carbonyl (C=O) groups is 1. The Morgan fingerprint density at radius 1 is 1.80 bits per heavy atom. The van der Waals surface area contributed by atoms with Gasteiger partial charge in [0.25, 0.3) is 0 Å². The summed E-state index contributed by atoms with van der Waals surface area (Å²) in [6.07, 6.45) is 4.26. The Morgan fingerprint density at radius 2 is 2.40 bits per heavy atom. The molecule has 0 aliphatic heterocycles. The van der Waals surface area contributed by atoms with Gasteiger partial charge in [0.2, 0.25) is 10.5 Å². The van der Waals surface area contributed by atoms with Crippen molar-refractivity contribution in [3.05, 3.63) is 24.3 Å². The van der Waals surface area contributed by atoms with E-state index in [1.807, 2.05) is 0 Å². The van der Waals surface area contributed by atoms with Crippen LogP contribution in [0.15, 0.2) is 24.3 Å². The molecule has 0 radical (unpaired) electrons. The summed E-state index contributed by atoms with van der Waals surface area (Å²) in [4.78, 5) is 10.7. The summed E-state index contributed by atoms with van der Waals surface area (Å²) in [5, 5.41) is 0. The highest BCUT2D eigenvalue weighted by Crippen LogP contribution is 1.97. The zero-order valence-corrected chi connectivity index (χ0v) is 8.39. The summed E-state index contributed by atoms with van der Waals surface area (Å²) in [7, 11) is 0.463. The maximum atomic E-state index is 10.7. The molecule has 0 N–H and O–H groups in total. The summed E-state index contributed by atoms with van der Waals surface area (Å²) < 4.78 is 4.61. The van der Waals surface area contributed by atoms with Gasteiger partial charge in [-0.15, -0.1) is 6.58 Å². The van der Waals surface area contributed by atoms with Crippen LogP contribution in [0.1, 0.15) is 13.3 Å². The largest absolute Gasteiger partial charge is 0.526 e. The molecule has 0 saturated carbocycles. The smallest absolute Gasteiger partial charge is 0.319 e. The normalized spacial score (nSPS) is 11.1. The fourth-order valence-electron chi connectivity index (χ4n) is 0.504. The van der Waals surface area contributed by atoms with Crippen LogP contribution >= 0.6 is 0 Å². The third-order valence-corrected chi connectivity index (χ3v) is 1.47. The van der Waals surface area contributed by atoms with E-state index in [1.165, 1.54) is 0 Å². The number of hydrogen-bond acceptors (Lipinski definition) is 2. The SMILES string of the molecule is C=CCC=C(C)C(=O)O[SiH3]. The minimum atomic E-state index is -0.214. The molecule has 0 aromatic carbocycles. The molecule has 0 heterocycles. The maximum Gasteiger partial charge on any atom is 0.319 e. The van der Waals surface area contributed by atoms with Gasteiger partial charge in [-0.25, -0.2) is 4.79 Å². The van der Waals surface area contributed by atoms with Crippen LogP contribution in [-0.2, 0) is 9.22 Å². The van der Waals surface area contributed by atoms with E-state index in [-0.39, 0.29) is 5.97 Å². The molecule has 0 rings (SSSR count). The quantitative estimate of drug-likeness (QED) is 0.334. The highest BCUT2D eigenvalue weighted by atomic mass is 28.2. The maximum absolute atomic E-state index is 10.7. The van der Waals surface area contributed by atoms with Crippen LogP contribution in [0.2, 0.25) is 0 Å². The third-order valence-electron chi connectivity index (χ3n) is 1.10. The molecule has 0 aromatic heterocycles. The lowest BCUT2D eigenvalue weighted by Crippen LogP contribution is -2.01. The molecular formula is C7H12O2Si. The Kier molecular flexibility index (Phi) is 4.58. The molecule has 0 fully saturated rings. The third kappa shape index (κ3) is 3.24. The Balaban J connectivity index is 3.91. The van der Waals surface area contributed by atoms with E-state index >= 15 is 0 Å². The van der Waals surface area contributed by atoms with Crippen LogP contribution in [0.5, 0.6) is 0 Å². The second kappa shape index (κ2) is 4.99. The Hall–Kier alpha value is -0.833. The van der Waals surface area contributed by atoms with Crippen molar-refractivity contribution in [3.63, 3.8) is 0 Å². The van der Waals surface area contributed by atoms with Crippen LogP contribution in [0, 0.1) is 0 Å². The van der Waals surface area contributed by atoms with Gasteiger partial charge < -0.3 is 4.43 Å². The first-order valence-corrected chi connectivity index (χ1v) is 3.90. The molecular weight excluding hydrogens is 144 g/mol. The lowest BCUT2D eigenvalue weighted by atomic mass is 10.2. The number of carbonyl (C=O) groups excluding carboxylic acids is 1. The van der Waals surface area contributed by atoms with Crippen molar-refractivity contribution in [1.29, 1.82) is 0 Å². The lowest BCUT2D eigenvalue weighted by molar-refractivity contribution is -0.129. The average Bonchev–Trinajstić information content (AvgIpc) is 1.98. The van der Waals surface area contributed by atoms with Gasteiger partial charge in [-0.1, -0.05) is 12.2 Å². The summed E-state index contributed by atoms with van der Waals surface area (Å²) in [5.74, 6) is -0.214. The fraction of sp³-hybridized carbons (Fsp3) is 0.286. The lowest BCUT2D eigenvalue weighted by Gasteiger charge is -1.96. The van der Waals surface area contributed by atoms with Crippen LogP contribution in [-0.4, -0.2) is 16.5 Å². The molecule has 0 spiro atoms. The van der Waals surface area contributed by atoms with Gasteiger partial charge >= 0.3 is 5.97 Å². The van der Waals surface area contributed by atoms with Crippen LogP contribution in [0.4, 0.5) is 0 Å². The van der Waals surface area contributed by atoms with Gasteiger partial charge in [-0.2, -0.15) is 0 Å². The summed E-state index contributed by atoms with van der Waals surface area (Å²) in [5.41, 5.74) is 0.662. The second-order valence-electron chi connectivity index (χ2n) is 1.90. The topological polar surface area (TPSA) is 26.3 Å². The van der Waals surface area contributed by atoms with Crippen molar-refractivity contribution in [1.82, 2.24) is 0 Å². The van der Waals surface area contributed by atoms with Gasteiger partial charge in [0.05, 0.1) is 0 Å². The number of rotatable bonds is 3. The Labute approximate surface area is 64.1 Å². The van der Waals surface area contributed by atoms with Crippen molar-refractivity contribution in [2.45, 2.75) is 13.3 Å². The fourth-order valence-corrected chi connectivity index (χ4v) is 0.826. The van der Waals surface area contributed by atoms with Crippen molar-refractivity contribution in [2.24, 2.45) is 0 Å². The van der Waals surface area contributed by atoms with Crippen LogP contribution in [0.3, 0.4) is 0 Å². The van der Waals surface area contributed by atoms with Gasteiger partial charge in [-0.3, -0.25) is 0 Å². The molecule has 0 saturated heterocycles. The molecule has 56 valence electrons. The van der Waals surface area contributed by atoms with E-state index in [4.69, 9.17) is 0 Å². The van der Waals surface area contributed by atoms with Crippen molar-refractivity contribution in [3.8, 4) is 0 Å². The van der Waals surface area contributed by atoms with Gasteiger partial charge in [-0.05, 0) is 13.3 Å². The molecule has 0 unspecified atom stereocenters. The van der Waals surface area contributed by atoms with E-state index in [2.05, 4.69) is 11.0 Å². The summed E-state index contributed by atoms with van der Waals surface area (Å²) >= 11 is 0. The van der Waals surface area contributed by atoms with Gasteiger partial charge in [0, 0.05) is 5.57 Å². The monoisotopic (exact) mass is 156 g/mol. The summed E-state index contributed by atoms with van der Waals surface area (Å²) in [6, 6.07) is 0. The second-order valence-corrected chi connectivity index (χ2v) is 2.31. The van der Waals surface area contributed by atoms with Crippen molar-refractivity contribution in [2.75, 3.05) is 0 Å². The van der Waals surface area contributed by atoms with E-state index in [0.29, 0.717) is 16.1 Å². The molecule has 3 heteroatoms.